The zero-order valence-corrected chi connectivity index (χ0v) is 8.59. The molecule has 1 aliphatic rings. The lowest BCUT2D eigenvalue weighted by molar-refractivity contribution is -0.124. The predicted octanol–water partition coefficient (Wildman–Crippen LogP) is 3.35. The highest BCUT2D eigenvalue weighted by Crippen LogP contribution is 2.33. The van der Waals surface area contributed by atoms with E-state index in [9.17, 15) is 4.79 Å². The van der Waals surface area contributed by atoms with Crippen LogP contribution in [0.25, 0.3) is 0 Å². The fraction of sp³-hybridized carbons (Fsp3) is 0.750. The van der Waals surface area contributed by atoms with Crippen molar-refractivity contribution in [2.24, 2.45) is 11.8 Å². The van der Waals surface area contributed by atoms with Gasteiger partial charge in [0.15, 0.2) is 0 Å². The highest BCUT2D eigenvalue weighted by Gasteiger charge is 2.28. The molecular formula is C12H20O. The lowest BCUT2D eigenvalue weighted by Gasteiger charge is -2.29. The number of carbonyl (C=O) groups excluding carboxylic acids is 1. The molecule has 1 rings (SSSR count). The molecule has 0 bridgehead atoms. The minimum absolute atomic E-state index is 0.344. The first kappa shape index (κ1) is 10.5. The molecule has 0 heterocycles. The van der Waals surface area contributed by atoms with Crippen molar-refractivity contribution in [2.75, 3.05) is 0 Å². The van der Waals surface area contributed by atoms with Gasteiger partial charge < -0.3 is 0 Å². The Bertz CT molecular complexity index is 184. The quantitative estimate of drug-likeness (QED) is 0.606. The third kappa shape index (κ3) is 2.68. The summed E-state index contributed by atoms with van der Waals surface area (Å²) in [4.78, 5) is 11.7. The summed E-state index contributed by atoms with van der Waals surface area (Å²) >= 11 is 0. The van der Waals surface area contributed by atoms with Gasteiger partial charge in [-0.05, 0) is 18.8 Å². The highest BCUT2D eigenvalue weighted by atomic mass is 16.1. The molecule has 2 atom stereocenters. The molecule has 1 saturated carbocycles. The monoisotopic (exact) mass is 180 g/mol. The fourth-order valence-electron chi connectivity index (χ4n) is 2.41. The van der Waals surface area contributed by atoms with E-state index < -0.39 is 0 Å². The molecule has 1 heteroatoms. The number of allylic oxidation sites excluding steroid dienone is 1. The van der Waals surface area contributed by atoms with Crippen molar-refractivity contribution in [2.45, 2.75) is 45.4 Å². The van der Waals surface area contributed by atoms with Crippen molar-refractivity contribution < 1.29 is 4.79 Å². The average molecular weight is 180 g/mol. The second-order valence-corrected chi connectivity index (χ2v) is 4.02. The molecule has 0 radical (unpaired) electrons. The van der Waals surface area contributed by atoms with Crippen LogP contribution in [-0.2, 0) is 4.79 Å². The van der Waals surface area contributed by atoms with Crippen LogP contribution < -0.4 is 0 Å². The van der Waals surface area contributed by atoms with Crippen LogP contribution in [0.1, 0.15) is 45.4 Å². The number of carbonyl (C=O) groups is 1. The Morgan fingerprint density at radius 1 is 1.46 bits per heavy atom. The lowest BCUT2D eigenvalue weighted by Crippen LogP contribution is -2.26. The van der Waals surface area contributed by atoms with Crippen molar-refractivity contribution in [1.82, 2.24) is 0 Å². The van der Waals surface area contributed by atoms with E-state index in [-0.39, 0.29) is 0 Å². The molecule has 0 aliphatic heterocycles. The summed E-state index contributed by atoms with van der Waals surface area (Å²) in [5.41, 5.74) is 0. The minimum Gasteiger partial charge on any atom is -0.299 e. The molecule has 0 aromatic carbocycles. The van der Waals surface area contributed by atoms with Crippen LogP contribution in [0.4, 0.5) is 0 Å². The maximum absolute atomic E-state index is 11.7. The molecule has 0 saturated heterocycles. The van der Waals surface area contributed by atoms with Crippen LogP contribution in [-0.4, -0.2) is 5.78 Å². The third-order valence-corrected chi connectivity index (χ3v) is 3.19. The van der Waals surface area contributed by atoms with Crippen LogP contribution in [0.5, 0.6) is 0 Å². The van der Waals surface area contributed by atoms with Crippen LogP contribution in [0.3, 0.4) is 0 Å². The maximum atomic E-state index is 11.7. The molecule has 0 aromatic heterocycles. The molecule has 1 aliphatic carbocycles. The Morgan fingerprint density at radius 3 is 2.77 bits per heavy atom. The normalized spacial score (nSPS) is 28.4. The Kier molecular flexibility index (Phi) is 4.20. The standard InChI is InChI=1S/C12H20O/c1-3-7-12(13)11-9-6-5-8-10(11)4-2/h3,10-11H,1,4-9H2,2H3. The van der Waals surface area contributed by atoms with Crippen molar-refractivity contribution in [1.29, 1.82) is 0 Å². The lowest BCUT2D eigenvalue weighted by atomic mass is 9.75. The zero-order valence-electron chi connectivity index (χ0n) is 8.59. The predicted molar refractivity (Wildman–Crippen MR) is 55.6 cm³/mol. The molecule has 0 N–H and O–H groups in total. The molecule has 74 valence electrons. The van der Waals surface area contributed by atoms with Crippen molar-refractivity contribution in [3.8, 4) is 0 Å². The third-order valence-electron chi connectivity index (χ3n) is 3.19. The second-order valence-electron chi connectivity index (χ2n) is 4.02. The molecular weight excluding hydrogens is 160 g/mol. The Morgan fingerprint density at radius 2 is 2.15 bits per heavy atom. The van der Waals surface area contributed by atoms with Gasteiger partial charge in [0.05, 0.1) is 0 Å². The molecule has 0 aromatic rings. The number of Topliss-reactive ketones (excluding diaryl/α,β-unsaturated/α-hetero) is 1. The maximum Gasteiger partial charge on any atom is 0.139 e. The highest BCUT2D eigenvalue weighted by molar-refractivity contribution is 5.82. The number of hydrogen-bond acceptors (Lipinski definition) is 1. The largest absolute Gasteiger partial charge is 0.299 e. The van der Waals surface area contributed by atoms with E-state index in [4.69, 9.17) is 0 Å². The summed E-state index contributed by atoms with van der Waals surface area (Å²) in [7, 11) is 0. The molecule has 13 heavy (non-hydrogen) atoms. The zero-order chi connectivity index (χ0) is 9.68. The van der Waals surface area contributed by atoms with Gasteiger partial charge in [-0.25, -0.2) is 0 Å². The van der Waals surface area contributed by atoms with Gasteiger partial charge in [-0.2, -0.15) is 0 Å². The molecule has 1 fully saturated rings. The average Bonchev–Trinajstić information content (AvgIpc) is 2.18. The summed E-state index contributed by atoms with van der Waals surface area (Å²) in [5, 5.41) is 0. The van der Waals surface area contributed by atoms with E-state index in [0.717, 1.165) is 12.8 Å². The van der Waals surface area contributed by atoms with Gasteiger partial charge in [-0.1, -0.05) is 32.3 Å². The molecule has 0 spiro atoms. The van der Waals surface area contributed by atoms with E-state index in [1.54, 1.807) is 6.08 Å². The summed E-state index contributed by atoms with van der Waals surface area (Å²) in [5.74, 6) is 1.42. The van der Waals surface area contributed by atoms with E-state index >= 15 is 0 Å². The summed E-state index contributed by atoms with van der Waals surface area (Å²) in [6, 6.07) is 0. The summed E-state index contributed by atoms with van der Waals surface area (Å²) < 4.78 is 0. The van der Waals surface area contributed by atoms with Gasteiger partial charge in [-0.15, -0.1) is 6.58 Å². The molecule has 0 amide bonds. The first-order valence-corrected chi connectivity index (χ1v) is 5.43. The van der Waals surface area contributed by atoms with E-state index in [0.29, 0.717) is 24.0 Å². The van der Waals surface area contributed by atoms with Crippen LogP contribution >= 0.6 is 0 Å². The number of hydrogen-bond donors (Lipinski definition) is 0. The van der Waals surface area contributed by atoms with Crippen LogP contribution in [0, 0.1) is 11.8 Å². The molecule has 2 unspecified atom stereocenters. The van der Waals surface area contributed by atoms with Gasteiger partial charge >= 0.3 is 0 Å². The van der Waals surface area contributed by atoms with Gasteiger partial charge in [0.1, 0.15) is 5.78 Å². The van der Waals surface area contributed by atoms with E-state index in [1.807, 2.05) is 0 Å². The first-order valence-electron chi connectivity index (χ1n) is 5.43. The van der Waals surface area contributed by atoms with Crippen LogP contribution in [0.2, 0.25) is 0 Å². The van der Waals surface area contributed by atoms with Gasteiger partial charge in [-0.3, -0.25) is 4.79 Å². The molecule has 1 nitrogen and oxygen atoms in total. The van der Waals surface area contributed by atoms with Gasteiger partial charge in [0.2, 0.25) is 0 Å². The van der Waals surface area contributed by atoms with E-state index in [1.165, 1.54) is 19.3 Å². The smallest absolute Gasteiger partial charge is 0.139 e. The SMILES string of the molecule is C=CCC(=O)C1CCCCC1CC. The van der Waals surface area contributed by atoms with E-state index in [2.05, 4.69) is 13.5 Å². The van der Waals surface area contributed by atoms with Crippen molar-refractivity contribution >= 4 is 5.78 Å². The van der Waals surface area contributed by atoms with Crippen molar-refractivity contribution in [3.05, 3.63) is 12.7 Å². The minimum atomic E-state index is 0.344. The topological polar surface area (TPSA) is 17.1 Å². The second kappa shape index (κ2) is 5.21. The van der Waals surface area contributed by atoms with Crippen molar-refractivity contribution in [3.63, 3.8) is 0 Å². The first-order chi connectivity index (χ1) is 6.29. The number of ketones is 1. The fourth-order valence-corrected chi connectivity index (χ4v) is 2.41. The summed E-state index contributed by atoms with van der Waals surface area (Å²) in [6.45, 7) is 5.82. The van der Waals surface area contributed by atoms with Gasteiger partial charge in [0.25, 0.3) is 0 Å². The Hall–Kier alpha value is -0.590. The Labute approximate surface area is 81.2 Å². The summed E-state index contributed by atoms with van der Waals surface area (Å²) in [6.07, 6.45) is 8.40. The Balaban J connectivity index is 2.52. The van der Waals surface area contributed by atoms with Gasteiger partial charge in [0, 0.05) is 12.3 Å². The number of rotatable bonds is 4. The van der Waals surface area contributed by atoms with Crippen LogP contribution in [0.15, 0.2) is 12.7 Å².